The Balaban J connectivity index is 0.00000451. The van der Waals surface area contributed by atoms with Crippen molar-refractivity contribution in [3.05, 3.63) is 105 Å². The molecule has 3 aliphatic rings. The van der Waals surface area contributed by atoms with Crippen LogP contribution < -0.4 is 42.9 Å². The Morgan fingerprint density at radius 2 is 1.50 bits per heavy atom. The Kier molecular flexibility index (Phi) is 11.4. The molecular weight excluding hydrogens is 744 g/mol. The Morgan fingerprint density at radius 1 is 0.833 bits per heavy atom. The molecule has 0 fully saturated rings. The van der Waals surface area contributed by atoms with Crippen LogP contribution in [0.3, 0.4) is 0 Å². The number of aromatic nitrogens is 1. The first kappa shape index (κ1) is 36.5. The van der Waals surface area contributed by atoms with Gasteiger partial charge in [-0.05, 0) is 103 Å². The second kappa shape index (κ2) is 15.0. The van der Waals surface area contributed by atoms with Gasteiger partial charge >= 0.3 is 0 Å². The smallest absolute Gasteiger partial charge is 0.263 e. The van der Waals surface area contributed by atoms with Crippen LogP contribution in [0.5, 0.6) is 11.5 Å². The van der Waals surface area contributed by atoms with Crippen molar-refractivity contribution in [3.63, 3.8) is 0 Å². The van der Waals surface area contributed by atoms with E-state index in [1.165, 1.54) is 53.1 Å². The molecule has 0 bridgehead atoms. The van der Waals surface area contributed by atoms with E-state index in [9.17, 15) is 0 Å². The van der Waals surface area contributed by atoms with Crippen LogP contribution in [0, 0.1) is 10.8 Å². The standard InChI is InChI=1S/C41H49N2O2S2.HI/c1-9-42-34-22-32(44-7)14-16-36(34)46-38(42)20-30-18-28(24-40(3,4)26-30)12-11-13-29-19-31(27-41(5,6)25-29)21-39-43(10-2)35-23-33(45-8)15-17-37(35)47-39;/h11-23H,9-10,24-27H2,1-8H3;1H/q+1;/p-1. The normalized spacial score (nSPS) is 21.1. The molecule has 6 rings (SSSR count). The molecule has 2 aliphatic carbocycles. The van der Waals surface area contributed by atoms with Crippen molar-refractivity contribution in [2.45, 2.75) is 78.7 Å². The molecule has 4 nitrogen and oxygen atoms in total. The predicted molar refractivity (Wildman–Crippen MR) is 202 cm³/mol. The molecular formula is C41H49IN2O2S2. The van der Waals surface area contributed by atoms with Gasteiger partial charge in [-0.2, -0.15) is 4.57 Å². The molecule has 3 aromatic rings. The quantitative estimate of drug-likeness (QED) is 0.170. The molecule has 7 heteroatoms. The zero-order valence-corrected chi connectivity index (χ0v) is 33.4. The number of hydrogen-bond acceptors (Lipinski definition) is 5. The summed E-state index contributed by atoms with van der Waals surface area (Å²) in [4.78, 5) is 3.70. The summed E-state index contributed by atoms with van der Waals surface area (Å²) in [5, 5.41) is 2.59. The highest BCUT2D eigenvalue weighted by Crippen LogP contribution is 2.49. The Labute approximate surface area is 313 Å². The van der Waals surface area contributed by atoms with Crippen LogP contribution in [-0.2, 0) is 6.54 Å². The van der Waals surface area contributed by atoms with Gasteiger partial charge in [0.15, 0.2) is 0 Å². The molecule has 48 heavy (non-hydrogen) atoms. The van der Waals surface area contributed by atoms with Gasteiger partial charge in [0.05, 0.1) is 31.0 Å². The van der Waals surface area contributed by atoms with E-state index in [4.69, 9.17) is 9.47 Å². The number of thioether (sulfide) groups is 1. The number of rotatable bonds is 8. The molecule has 0 spiro atoms. The summed E-state index contributed by atoms with van der Waals surface area (Å²) in [7, 11) is 3.47. The first-order valence-electron chi connectivity index (χ1n) is 16.8. The van der Waals surface area contributed by atoms with Gasteiger partial charge < -0.3 is 38.4 Å². The summed E-state index contributed by atoms with van der Waals surface area (Å²) in [6.07, 6.45) is 20.9. The largest absolute Gasteiger partial charge is 1.00 e. The van der Waals surface area contributed by atoms with Gasteiger partial charge in [-0.15, -0.1) is 0 Å². The van der Waals surface area contributed by atoms with Crippen LogP contribution in [0.1, 0.15) is 72.2 Å². The number of halogens is 1. The minimum atomic E-state index is 0. The van der Waals surface area contributed by atoms with Crippen molar-refractivity contribution in [3.8, 4) is 11.5 Å². The fourth-order valence-corrected chi connectivity index (χ4v) is 9.68. The molecule has 0 N–H and O–H groups in total. The number of aryl methyl sites for hydroxylation is 1. The van der Waals surface area contributed by atoms with Gasteiger partial charge in [-0.1, -0.05) is 81.2 Å². The van der Waals surface area contributed by atoms with Crippen LogP contribution in [0.4, 0.5) is 5.69 Å². The van der Waals surface area contributed by atoms with Crippen molar-refractivity contribution in [2.24, 2.45) is 10.8 Å². The van der Waals surface area contributed by atoms with E-state index < -0.39 is 0 Å². The van der Waals surface area contributed by atoms with Gasteiger partial charge in [0.2, 0.25) is 5.52 Å². The average molecular weight is 793 g/mol. The summed E-state index contributed by atoms with van der Waals surface area (Å²) in [5.74, 6) is 1.81. The lowest BCUT2D eigenvalue weighted by atomic mass is 9.74. The number of allylic oxidation sites excluding steroid dienone is 10. The lowest BCUT2D eigenvalue weighted by Gasteiger charge is -2.31. The number of benzene rings is 2. The molecule has 2 heterocycles. The van der Waals surface area contributed by atoms with E-state index in [2.05, 4.69) is 130 Å². The summed E-state index contributed by atoms with van der Waals surface area (Å²) in [6, 6.07) is 12.8. The first-order chi connectivity index (χ1) is 22.5. The third-order valence-electron chi connectivity index (χ3n) is 9.22. The van der Waals surface area contributed by atoms with Gasteiger partial charge in [0, 0.05) is 23.6 Å². The summed E-state index contributed by atoms with van der Waals surface area (Å²) in [6.45, 7) is 15.9. The van der Waals surface area contributed by atoms with E-state index >= 15 is 0 Å². The van der Waals surface area contributed by atoms with Crippen LogP contribution in [-0.4, -0.2) is 20.8 Å². The fourth-order valence-electron chi connectivity index (χ4n) is 7.31. The topological polar surface area (TPSA) is 25.6 Å². The number of hydrogen-bond donors (Lipinski definition) is 0. The van der Waals surface area contributed by atoms with Crippen molar-refractivity contribution in [1.29, 1.82) is 0 Å². The summed E-state index contributed by atoms with van der Waals surface area (Å²) >= 11 is 3.73. The Bertz CT molecular complexity index is 1870. The van der Waals surface area contributed by atoms with Gasteiger partial charge in [-0.3, -0.25) is 0 Å². The SMILES string of the molecule is CCN1/C(=C/C2=CC(=C/C=C/C3=CC(=C\c4sc5ccc(OC)cc5[n+]4CC)/CC(C)(C)C3)/CC(C)(C)C2)Sc2ccc(OC)cc21.[I-]. The van der Waals surface area contributed by atoms with Gasteiger partial charge in [0.1, 0.15) is 22.7 Å². The lowest BCUT2D eigenvalue weighted by Crippen LogP contribution is -3.00. The van der Waals surface area contributed by atoms with Crippen molar-refractivity contribution in [1.82, 2.24) is 0 Å². The van der Waals surface area contributed by atoms with Gasteiger partial charge in [0.25, 0.3) is 5.01 Å². The average Bonchev–Trinajstić information content (AvgIpc) is 3.54. The lowest BCUT2D eigenvalue weighted by molar-refractivity contribution is -0.665. The number of anilines is 1. The molecule has 1 aliphatic heterocycles. The maximum atomic E-state index is 5.52. The monoisotopic (exact) mass is 792 g/mol. The van der Waals surface area contributed by atoms with Crippen molar-refractivity contribution < 1.29 is 38.0 Å². The van der Waals surface area contributed by atoms with Crippen LogP contribution in [0.2, 0.25) is 0 Å². The minimum Gasteiger partial charge on any atom is -1.00 e. The fraction of sp³-hybridized carbons (Fsp3) is 0.390. The third kappa shape index (κ3) is 8.16. The molecule has 1 aromatic heterocycles. The second-order valence-corrected chi connectivity index (χ2v) is 16.6. The molecule has 0 saturated heterocycles. The zero-order valence-electron chi connectivity index (χ0n) is 29.7. The predicted octanol–water partition coefficient (Wildman–Crippen LogP) is 8.06. The van der Waals surface area contributed by atoms with E-state index in [1.807, 2.05) is 23.1 Å². The zero-order chi connectivity index (χ0) is 33.3. The van der Waals surface area contributed by atoms with E-state index in [0.717, 1.165) is 50.3 Å². The summed E-state index contributed by atoms with van der Waals surface area (Å²) < 4.78 is 14.7. The third-order valence-corrected chi connectivity index (χ3v) is 11.4. The Hall–Kier alpha value is -2.75. The van der Waals surface area contributed by atoms with Crippen LogP contribution in [0.15, 0.2) is 105 Å². The maximum absolute atomic E-state index is 5.52. The number of nitrogens with zero attached hydrogens (tertiary/aromatic N) is 2. The number of thiazole rings is 1. The molecule has 254 valence electrons. The van der Waals surface area contributed by atoms with Crippen molar-refractivity contribution >= 4 is 45.1 Å². The molecule has 0 radical (unpaired) electrons. The Morgan fingerprint density at radius 3 is 2.21 bits per heavy atom. The van der Waals surface area contributed by atoms with E-state index in [1.54, 1.807) is 14.2 Å². The minimum absolute atomic E-state index is 0. The molecule has 2 aromatic carbocycles. The van der Waals surface area contributed by atoms with Gasteiger partial charge in [-0.25, -0.2) is 0 Å². The molecule has 0 unspecified atom stereocenters. The first-order valence-corrected chi connectivity index (χ1v) is 18.5. The number of methoxy groups -OCH3 is 2. The highest BCUT2D eigenvalue weighted by atomic mass is 127. The molecule has 0 atom stereocenters. The summed E-state index contributed by atoms with van der Waals surface area (Å²) in [5.41, 5.74) is 8.49. The molecule has 0 amide bonds. The second-order valence-electron chi connectivity index (χ2n) is 14.5. The number of fused-ring (bicyclic) bond motifs is 2. The highest BCUT2D eigenvalue weighted by Gasteiger charge is 2.29. The highest BCUT2D eigenvalue weighted by molar-refractivity contribution is 8.03. The van der Waals surface area contributed by atoms with Crippen LogP contribution in [0.25, 0.3) is 16.3 Å². The number of ether oxygens (including phenoxy) is 2. The van der Waals surface area contributed by atoms with E-state index in [-0.39, 0.29) is 34.8 Å². The van der Waals surface area contributed by atoms with Crippen LogP contribution >= 0.6 is 23.1 Å². The van der Waals surface area contributed by atoms with Crippen molar-refractivity contribution in [2.75, 3.05) is 25.7 Å². The van der Waals surface area contributed by atoms with E-state index in [0.29, 0.717) is 0 Å². The molecule has 0 saturated carbocycles. The maximum Gasteiger partial charge on any atom is 0.263 e.